The van der Waals surface area contributed by atoms with E-state index in [0.29, 0.717) is 17.5 Å². The second-order valence-corrected chi connectivity index (χ2v) is 4.19. The molecule has 0 unspecified atom stereocenters. The van der Waals surface area contributed by atoms with Gasteiger partial charge in [0.1, 0.15) is 5.51 Å². The van der Waals surface area contributed by atoms with Crippen molar-refractivity contribution in [2.24, 2.45) is 5.92 Å². The molecule has 76 valence electrons. The molecule has 1 aromatic rings. The number of anilines is 1. The van der Waals surface area contributed by atoms with Crippen molar-refractivity contribution in [2.45, 2.75) is 12.8 Å². The van der Waals surface area contributed by atoms with Gasteiger partial charge in [0, 0.05) is 6.42 Å². The number of nitrogens with one attached hydrogen (secondary N) is 2. The first-order valence-electron chi connectivity index (χ1n) is 4.61. The van der Waals surface area contributed by atoms with E-state index in [9.17, 15) is 4.79 Å². The van der Waals surface area contributed by atoms with Crippen LogP contribution < -0.4 is 10.6 Å². The van der Waals surface area contributed by atoms with Crippen LogP contribution in [0.5, 0.6) is 0 Å². The molecule has 0 bridgehead atoms. The minimum absolute atomic E-state index is 0.0375. The van der Waals surface area contributed by atoms with Gasteiger partial charge < -0.3 is 10.6 Å². The van der Waals surface area contributed by atoms with E-state index in [2.05, 4.69) is 20.8 Å². The summed E-state index contributed by atoms with van der Waals surface area (Å²) in [7, 11) is 0. The summed E-state index contributed by atoms with van der Waals surface area (Å²) in [5.41, 5.74) is 1.60. The van der Waals surface area contributed by atoms with Crippen LogP contribution in [0.1, 0.15) is 12.8 Å². The summed E-state index contributed by atoms with van der Waals surface area (Å²) < 4.78 is 0. The van der Waals surface area contributed by atoms with E-state index in [1.165, 1.54) is 11.3 Å². The minimum atomic E-state index is 0.0375. The van der Waals surface area contributed by atoms with Crippen molar-refractivity contribution in [3.05, 3.63) is 5.51 Å². The van der Waals surface area contributed by atoms with Gasteiger partial charge >= 0.3 is 0 Å². The van der Waals surface area contributed by atoms with Gasteiger partial charge in [0.2, 0.25) is 11.0 Å². The Morgan fingerprint density at radius 1 is 1.79 bits per heavy atom. The molecule has 1 aromatic heterocycles. The van der Waals surface area contributed by atoms with Gasteiger partial charge in [0.05, 0.1) is 0 Å². The molecular weight excluding hydrogens is 200 g/mol. The maximum Gasteiger partial charge on any atom is 0.226 e. The van der Waals surface area contributed by atoms with Gasteiger partial charge in [0.15, 0.2) is 0 Å². The topological polar surface area (TPSA) is 66.9 Å². The number of carbonyl (C=O) groups excluding carboxylic acids is 1. The fourth-order valence-corrected chi connectivity index (χ4v) is 2.01. The zero-order chi connectivity index (χ0) is 9.80. The fourth-order valence-electron chi connectivity index (χ4n) is 1.55. The van der Waals surface area contributed by atoms with Gasteiger partial charge in [-0.15, -0.1) is 10.2 Å². The Morgan fingerprint density at radius 3 is 3.36 bits per heavy atom. The summed E-state index contributed by atoms with van der Waals surface area (Å²) in [5, 5.41) is 13.9. The first-order chi connectivity index (χ1) is 6.84. The summed E-state index contributed by atoms with van der Waals surface area (Å²) in [6.45, 7) is 1.97. The largest absolute Gasteiger partial charge is 0.316 e. The minimum Gasteiger partial charge on any atom is -0.316 e. The fraction of sp³-hybridized carbons (Fsp3) is 0.625. The molecule has 6 heteroatoms. The third-order valence-corrected chi connectivity index (χ3v) is 2.85. The Morgan fingerprint density at radius 2 is 2.71 bits per heavy atom. The Labute approximate surface area is 85.9 Å². The Hall–Kier alpha value is -1.01. The molecule has 1 aliphatic heterocycles. The van der Waals surface area contributed by atoms with E-state index in [4.69, 9.17) is 0 Å². The van der Waals surface area contributed by atoms with Crippen LogP contribution in [0, 0.1) is 5.92 Å². The van der Waals surface area contributed by atoms with Gasteiger partial charge in [0.25, 0.3) is 0 Å². The number of amides is 1. The lowest BCUT2D eigenvalue weighted by molar-refractivity contribution is -0.116. The van der Waals surface area contributed by atoms with E-state index in [1.54, 1.807) is 5.51 Å². The highest BCUT2D eigenvalue weighted by Gasteiger charge is 2.18. The highest BCUT2D eigenvalue weighted by atomic mass is 32.1. The lowest BCUT2D eigenvalue weighted by Gasteiger charge is -2.06. The predicted octanol–water partition coefficient (Wildman–Crippen LogP) is 0.476. The summed E-state index contributed by atoms with van der Waals surface area (Å²) in [4.78, 5) is 11.5. The highest BCUT2D eigenvalue weighted by molar-refractivity contribution is 7.13. The van der Waals surface area contributed by atoms with Crippen LogP contribution in [0.25, 0.3) is 0 Å². The normalized spacial score (nSPS) is 21.0. The van der Waals surface area contributed by atoms with Crippen molar-refractivity contribution in [1.29, 1.82) is 0 Å². The van der Waals surface area contributed by atoms with Crippen LogP contribution in [0.3, 0.4) is 0 Å². The molecule has 14 heavy (non-hydrogen) atoms. The molecule has 1 saturated heterocycles. The standard InChI is InChI=1S/C8H12N4OS/c13-7(3-6-1-2-9-4-6)11-8-12-10-5-14-8/h5-6,9H,1-4H2,(H,11,12,13)/t6-/m0/s1. The quantitative estimate of drug-likeness (QED) is 0.764. The predicted molar refractivity (Wildman–Crippen MR) is 54.1 cm³/mol. The van der Waals surface area contributed by atoms with E-state index >= 15 is 0 Å². The molecule has 0 aliphatic carbocycles. The maximum absolute atomic E-state index is 11.5. The molecular formula is C8H12N4OS. The van der Waals surface area contributed by atoms with Gasteiger partial charge in [-0.3, -0.25) is 4.79 Å². The molecule has 2 heterocycles. The Balaban J connectivity index is 1.78. The van der Waals surface area contributed by atoms with E-state index in [1.807, 2.05) is 0 Å². The van der Waals surface area contributed by atoms with Crippen molar-refractivity contribution in [3.63, 3.8) is 0 Å². The molecule has 0 spiro atoms. The number of carbonyl (C=O) groups is 1. The number of rotatable bonds is 3. The van der Waals surface area contributed by atoms with Crippen molar-refractivity contribution >= 4 is 22.4 Å². The third kappa shape index (κ3) is 2.49. The van der Waals surface area contributed by atoms with Crippen molar-refractivity contribution in [2.75, 3.05) is 18.4 Å². The number of hydrogen-bond acceptors (Lipinski definition) is 5. The van der Waals surface area contributed by atoms with Crippen LogP contribution in [0.4, 0.5) is 5.13 Å². The number of nitrogens with zero attached hydrogens (tertiary/aromatic N) is 2. The zero-order valence-electron chi connectivity index (χ0n) is 7.69. The van der Waals surface area contributed by atoms with Crippen molar-refractivity contribution in [3.8, 4) is 0 Å². The number of aromatic nitrogens is 2. The lowest BCUT2D eigenvalue weighted by atomic mass is 10.1. The lowest BCUT2D eigenvalue weighted by Crippen LogP contribution is -2.18. The molecule has 1 amide bonds. The van der Waals surface area contributed by atoms with E-state index in [0.717, 1.165) is 19.5 Å². The first-order valence-corrected chi connectivity index (χ1v) is 5.49. The molecule has 1 aliphatic rings. The Bertz CT molecular complexity index is 294. The molecule has 1 fully saturated rings. The van der Waals surface area contributed by atoms with E-state index < -0.39 is 0 Å². The summed E-state index contributed by atoms with van der Waals surface area (Å²) in [6.07, 6.45) is 1.66. The third-order valence-electron chi connectivity index (χ3n) is 2.24. The van der Waals surface area contributed by atoms with Gasteiger partial charge in [-0.05, 0) is 25.4 Å². The highest BCUT2D eigenvalue weighted by Crippen LogP contribution is 2.14. The molecule has 2 rings (SSSR count). The summed E-state index contributed by atoms with van der Waals surface area (Å²) in [6, 6.07) is 0. The van der Waals surface area contributed by atoms with E-state index in [-0.39, 0.29) is 5.91 Å². The van der Waals surface area contributed by atoms with Crippen LogP contribution >= 0.6 is 11.3 Å². The smallest absolute Gasteiger partial charge is 0.226 e. The number of hydrogen-bond donors (Lipinski definition) is 2. The molecule has 0 radical (unpaired) electrons. The molecule has 1 atom stereocenters. The average molecular weight is 212 g/mol. The monoisotopic (exact) mass is 212 g/mol. The molecule has 0 saturated carbocycles. The van der Waals surface area contributed by atoms with Gasteiger partial charge in [-0.2, -0.15) is 0 Å². The Kier molecular flexibility index (Phi) is 3.05. The average Bonchev–Trinajstić information content (AvgIpc) is 2.76. The van der Waals surface area contributed by atoms with Crippen LogP contribution in [-0.4, -0.2) is 29.2 Å². The van der Waals surface area contributed by atoms with Crippen LogP contribution in [-0.2, 0) is 4.79 Å². The van der Waals surface area contributed by atoms with Crippen molar-refractivity contribution in [1.82, 2.24) is 15.5 Å². The summed E-state index contributed by atoms with van der Waals surface area (Å²) in [5.74, 6) is 0.512. The molecule has 0 aromatic carbocycles. The second kappa shape index (κ2) is 4.47. The SMILES string of the molecule is O=C(C[C@@H]1CCNC1)Nc1nncs1. The van der Waals surface area contributed by atoms with Crippen LogP contribution in [0.2, 0.25) is 0 Å². The van der Waals surface area contributed by atoms with Gasteiger partial charge in [-0.25, -0.2) is 0 Å². The van der Waals surface area contributed by atoms with Gasteiger partial charge in [-0.1, -0.05) is 11.3 Å². The maximum atomic E-state index is 11.5. The molecule has 2 N–H and O–H groups in total. The van der Waals surface area contributed by atoms with Crippen LogP contribution in [0.15, 0.2) is 5.51 Å². The van der Waals surface area contributed by atoms with Crippen molar-refractivity contribution < 1.29 is 4.79 Å². The molecule has 5 nitrogen and oxygen atoms in total. The first kappa shape index (κ1) is 9.54. The zero-order valence-corrected chi connectivity index (χ0v) is 8.51. The summed E-state index contributed by atoms with van der Waals surface area (Å²) >= 11 is 1.34. The second-order valence-electron chi connectivity index (χ2n) is 3.36.